The van der Waals surface area contributed by atoms with E-state index >= 15 is 0 Å². The maximum atomic E-state index is 12.6. The van der Waals surface area contributed by atoms with E-state index in [1.54, 1.807) is 0 Å². The van der Waals surface area contributed by atoms with Crippen LogP contribution in [0.1, 0.15) is 30.9 Å². The van der Waals surface area contributed by atoms with Crippen molar-refractivity contribution in [3.05, 3.63) is 59.9 Å². The number of hydrogen-bond acceptors (Lipinski definition) is 3. The molecule has 1 aromatic carbocycles. The maximum absolute atomic E-state index is 12.6. The van der Waals surface area contributed by atoms with Crippen molar-refractivity contribution in [2.24, 2.45) is 5.92 Å². The Morgan fingerprint density at radius 1 is 1.17 bits per heavy atom. The van der Waals surface area contributed by atoms with Gasteiger partial charge in [0.2, 0.25) is 5.91 Å². The first-order chi connectivity index (χ1) is 14.2. The van der Waals surface area contributed by atoms with Crippen LogP contribution in [-0.2, 0) is 17.8 Å². The molecule has 5 heteroatoms. The van der Waals surface area contributed by atoms with Crippen LogP contribution in [0.4, 0.5) is 5.69 Å². The van der Waals surface area contributed by atoms with E-state index in [2.05, 4.69) is 39.0 Å². The van der Waals surface area contributed by atoms with Gasteiger partial charge in [0.1, 0.15) is 5.65 Å². The minimum atomic E-state index is 0.108. The number of aryl methyl sites for hydroxylation is 2. The number of rotatable bonds is 6. The number of nitrogens with one attached hydrogen (secondary N) is 1. The van der Waals surface area contributed by atoms with E-state index in [9.17, 15) is 4.79 Å². The molecule has 0 saturated carbocycles. The molecule has 2 aromatic heterocycles. The molecule has 0 spiro atoms. The molecule has 0 aliphatic carbocycles. The Labute approximate surface area is 172 Å². The molecule has 3 heterocycles. The van der Waals surface area contributed by atoms with Crippen molar-refractivity contribution in [1.82, 2.24) is 14.5 Å². The number of aromatic nitrogens is 2. The van der Waals surface area contributed by atoms with Crippen molar-refractivity contribution in [2.75, 3.05) is 25.0 Å². The van der Waals surface area contributed by atoms with Gasteiger partial charge in [0.05, 0.1) is 0 Å². The smallest absolute Gasteiger partial charge is 0.227 e. The van der Waals surface area contributed by atoms with Crippen LogP contribution in [0.15, 0.2) is 48.8 Å². The number of nitrogens with zero attached hydrogens (tertiary/aromatic N) is 3. The predicted molar refractivity (Wildman–Crippen MR) is 118 cm³/mol. The molecule has 29 heavy (non-hydrogen) atoms. The van der Waals surface area contributed by atoms with Gasteiger partial charge in [0.25, 0.3) is 0 Å². The van der Waals surface area contributed by atoms with Crippen molar-refractivity contribution in [1.29, 1.82) is 0 Å². The highest BCUT2D eigenvalue weighted by molar-refractivity contribution is 5.93. The molecule has 0 unspecified atom stereocenters. The highest BCUT2D eigenvalue weighted by Crippen LogP contribution is 2.23. The molecule has 0 bridgehead atoms. The third kappa shape index (κ3) is 4.35. The number of hydrogen-bond donors (Lipinski definition) is 1. The summed E-state index contributed by atoms with van der Waals surface area (Å²) < 4.78 is 2.23. The van der Waals surface area contributed by atoms with Gasteiger partial charge in [-0.3, -0.25) is 4.79 Å². The molecule has 152 valence electrons. The van der Waals surface area contributed by atoms with Gasteiger partial charge in [0, 0.05) is 42.5 Å². The monoisotopic (exact) mass is 390 g/mol. The molecule has 0 radical (unpaired) electrons. The molecular formula is C24H30N4O. The fourth-order valence-corrected chi connectivity index (χ4v) is 4.28. The van der Waals surface area contributed by atoms with E-state index in [4.69, 9.17) is 0 Å². The van der Waals surface area contributed by atoms with Gasteiger partial charge in [-0.15, -0.1) is 0 Å². The number of carbonyl (C=O) groups is 1. The van der Waals surface area contributed by atoms with Crippen LogP contribution < -0.4 is 5.32 Å². The summed E-state index contributed by atoms with van der Waals surface area (Å²) in [6.45, 7) is 8.12. The number of para-hydroxylation sites is 1. The molecule has 1 fully saturated rings. The number of carbonyl (C=O) groups excluding carboxylic acids is 1. The van der Waals surface area contributed by atoms with Crippen molar-refractivity contribution >= 4 is 22.6 Å². The summed E-state index contributed by atoms with van der Waals surface area (Å²) in [6.07, 6.45) is 6.99. The lowest BCUT2D eigenvalue weighted by molar-refractivity contribution is -0.121. The van der Waals surface area contributed by atoms with Gasteiger partial charge < -0.3 is 14.8 Å². The zero-order valence-corrected chi connectivity index (χ0v) is 17.4. The standard InChI is InChI=1S/C24H30N4O/c1-3-28-17-20(21-8-6-13-25-23(21)28)12-16-27-14-10-19(11-15-27)24(29)26-22-9-5-4-7-18(22)2/h4-9,13,17,19H,3,10-12,14-16H2,1-2H3,(H,26,29). The van der Waals surface area contributed by atoms with Crippen molar-refractivity contribution in [3.63, 3.8) is 0 Å². The Balaban J connectivity index is 1.30. The van der Waals surface area contributed by atoms with Crippen LogP contribution in [0.25, 0.3) is 11.0 Å². The van der Waals surface area contributed by atoms with Gasteiger partial charge in [-0.2, -0.15) is 0 Å². The fourth-order valence-electron chi connectivity index (χ4n) is 4.28. The number of likely N-dealkylation sites (tertiary alicyclic amines) is 1. The number of amides is 1. The highest BCUT2D eigenvalue weighted by atomic mass is 16.1. The molecular weight excluding hydrogens is 360 g/mol. The van der Waals surface area contributed by atoms with Gasteiger partial charge in [-0.05, 0) is 75.5 Å². The molecule has 3 aromatic rings. The molecule has 1 saturated heterocycles. The summed E-state index contributed by atoms with van der Waals surface area (Å²) >= 11 is 0. The van der Waals surface area contributed by atoms with Crippen LogP contribution in [0, 0.1) is 12.8 Å². The zero-order valence-electron chi connectivity index (χ0n) is 17.4. The molecule has 1 aliphatic rings. The SMILES string of the molecule is CCn1cc(CCN2CCC(C(=O)Nc3ccccc3C)CC2)c2cccnc21. The lowest BCUT2D eigenvalue weighted by Gasteiger charge is -2.31. The Morgan fingerprint density at radius 2 is 1.97 bits per heavy atom. The number of pyridine rings is 1. The third-order valence-electron chi connectivity index (χ3n) is 6.12. The van der Waals surface area contributed by atoms with Crippen LogP contribution in [0.5, 0.6) is 0 Å². The lowest BCUT2D eigenvalue weighted by Crippen LogP contribution is -2.39. The van der Waals surface area contributed by atoms with Crippen LogP contribution >= 0.6 is 0 Å². The Hall–Kier alpha value is -2.66. The quantitative estimate of drug-likeness (QED) is 0.684. The van der Waals surface area contributed by atoms with Crippen LogP contribution in [0.3, 0.4) is 0 Å². The summed E-state index contributed by atoms with van der Waals surface area (Å²) in [5, 5.41) is 4.38. The molecule has 0 atom stereocenters. The van der Waals surface area contributed by atoms with E-state index in [0.717, 1.165) is 62.3 Å². The summed E-state index contributed by atoms with van der Waals surface area (Å²) in [4.78, 5) is 19.7. The Kier molecular flexibility index (Phi) is 5.95. The molecule has 1 N–H and O–H groups in total. The van der Waals surface area contributed by atoms with Gasteiger partial charge in [-0.25, -0.2) is 4.98 Å². The highest BCUT2D eigenvalue weighted by Gasteiger charge is 2.25. The number of benzene rings is 1. The van der Waals surface area contributed by atoms with Crippen LogP contribution in [0.2, 0.25) is 0 Å². The first-order valence-electron chi connectivity index (χ1n) is 10.7. The summed E-state index contributed by atoms with van der Waals surface area (Å²) in [7, 11) is 0. The van der Waals surface area contributed by atoms with Gasteiger partial charge >= 0.3 is 0 Å². The third-order valence-corrected chi connectivity index (χ3v) is 6.12. The Morgan fingerprint density at radius 3 is 2.72 bits per heavy atom. The molecule has 1 aliphatic heterocycles. The second kappa shape index (κ2) is 8.78. The number of anilines is 1. The topological polar surface area (TPSA) is 50.2 Å². The number of piperidine rings is 1. The van der Waals surface area contributed by atoms with E-state index in [-0.39, 0.29) is 11.8 Å². The normalized spacial score (nSPS) is 15.7. The second-order valence-electron chi connectivity index (χ2n) is 7.99. The summed E-state index contributed by atoms with van der Waals surface area (Å²) in [6, 6.07) is 12.2. The zero-order chi connectivity index (χ0) is 20.2. The average Bonchev–Trinajstić information content (AvgIpc) is 3.12. The average molecular weight is 391 g/mol. The van der Waals surface area contributed by atoms with Crippen LogP contribution in [-0.4, -0.2) is 40.0 Å². The second-order valence-corrected chi connectivity index (χ2v) is 7.99. The molecule has 5 nitrogen and oxygen atoms in total. The van der Waals surface area contributed by atoms with Crippen molar-refractivity contribution in [2.45, 2.75) is 39.7 Å². The Bertz CT molecular complexity index is 985. The maximum Gasteiger partial charge on any atom is 0.227 e. The predicted octanol–water partition coefficient (Wildman–Crippen LogP) is 4.26. The summed E-state index contributed by atoms with van der Waals surface area (Å²) in [5.41, 5.74) is 4.49. The summed E-state index contributed by atoms with van der Waals surface area (Å²) in [5.74, 6) is 0.271. The van der Waals surface area contributed by atoms with Crippen molar-refractivity contribution in [3.8, 4) is 0 Å². The number of fused-ring (bicyclic) bond motifs is 1. The van der Waals surface area contributed by atoms with E-state index in [0.29, 0.717) is 0 Å². The molecule has 1 amide bonds. The minimum Gasteiger partial charge on any atom is -0.333 e. The van der Waals surface area contributed by atoms with E-state index in [1.807, 2.05) is 43.5 Å². The van der Waals surface area contributed by atoms with E-state index < -0.39 is 0 Å². The fraction of sp³-hybridized carbons (Fsp3) is 0.417. The minimum absolute atomic E-state index is 0.108. The first-order valence-corrected chi connectivity index (χ1v) is 10.7. The van der Waals surface area contributed by atoms with E-state index in [1.165, 1.54) is 10.9 Å². The van der Waals surface area contributed by atoms with Crippen molar-refractivity contribution < 1.29 is 4.79 Å². The molecule has 4 rings (SSSR count). The largest absolute Gasteiger partial charge is 0.333 e. The van der Waals surface area contributed by atoms with Gasteiger partial charge in [-0.1, -0.05) is 18.2 Å². The lowest BCUT2D eigenvalue weighted by atomic mass is 9.95. The van der Waals surface area contributed by atoms with Gasteiger partial charge in [0.15, 0.2) is 0 Å². The first kappa shape index (κ1) is 19.6.